The molecule has 1 aliphatic heterocycles. The van der Waals surface area contributed by atoms with Gasteiger partial charge in [-0.3, -0.25) is 4.79 Å². The molecule has 0 aromatic heterocycles. The predicted molar refractivity (Wildman–Crippen MR) is 64.0 cm³/mol. The summed E-state index contributed by atoms with van der Waals surface area (Å²) in [5, 5.41) is 3.06. The second-order valence-corrected chi connectivity index (χ2v) is 5.51. The molecule has 1 rings (SSSR count). The quantitative estimate of drug-likeness (QED) is 0.756. The first kappa shape index (κ1) is 13.5. The van der Waals surface area contributed by atoms with Crippen molar-refractivity contribution < 1.29 is 9.53 Å². The molecule has 1 aliphatic rings. The topological polar surface area (TPSA) is 64.3 Å². The van der Waals surface area contributed by atoms with Gasteiger partial charge in [0.25, 0.3) is 0 Å². The van der Waals surface area contributed by atoms with E-state index in [0.29, 0.717) is 13.2 Å². The molecule has 0 bridgehead atoms. The number of ether oxygens (including phenoxy) is 1. The second kappa shape index (κ2) is 5.64. The number of hydrogen-bond acceptors (Lipinski definition) is 3. The molecule has 94 valence electrons. The van der Waals surface area contributed by atoms with E-state index in [1.54, 1.807) is 0 Å². The smallest absolute Gasteiger partial charge is 0.249 e. The van der Waals surface area contributed by atoms with Gasteiger partial charge in [0.2, 0.25) is 5.91 Å². The van der Waals surface area contributed by atoms with Crippen LogP contribution in [0.1, 0.15) is 40.0 Å². The van der Waals surface area contributed by atoms with Crippen molar-refractivity contribution in [2.45, 2.75) is 52.2 Å². The van der Waals surface area contributed by atoms with Crippen molar-refractivity contribution in [2.75, 3.05) is 13.2 Å². The summed E-state index contributed by atoms with van der Waals surface area (Å²) in [5.74, 6) is 0.0193. The van der Waals surface area contributed by atoms with Gasteiger partial charge >= 0.3 is 0 Å². The van der Waals surface area contributed by atoms with Gasteiger partial charge in [0, 0.05) is 12.6 Å². The van der Waals surface area contributed by atoms with Gasteiger partial charge in [-0.1, -0.05) is 20.8 Å². The maximum atomic E-state index is 11.9. The van der Waals surface area contributed by atoms with Gasteiger partial charge in [0.1, 0.15) is 6.10 Å². The maximum Gasteiger partial charge on any atom is 0.249 e. The highest BCUT2D eigenvalue weighted by Crippen LogP contribution is 2.22. The molecule has 4 heteroatoms. The average Bonchev–Trinajstić information content (AvgIpc) is 2.68. The van der Waals surface area contributed by atoms with Crippen LogP contribution in [0.5, 0.6) is 0 Å². The third kappa shape index (κ3) is 3.76. The largest absolute Gasteiger partial charge is 0.368 e. The van der Waals surface area contributed by atoms with Crippen LogP contribution in [0, 0.1) is 5.41 Å². The van der Waals surface area contributed by atoms with Crippen LogP contribution in [0.15, 0.2) is 0 Å². The van der Waals surface area contributed by atoms with Gasteiger partial charge in [0.15, 0.2) is 0 Å². The van der Waals surface area contributed by atoms with E-state index in [2.05, 4.69) is 26.1 Å². The summed E-state index contributed by atoms with van der Waals surface area (Å²) in [4.78, 5) is 11.9. The number of nitrogens with one attached hydrogen (secondary N) is 1. The summed E-state index contributed by atoms with van der Waals surface area (Å²) in [6, 6.07) is 0.120. The first-order chi connectivity index (χ1) is 7.45. The van der Waals surface area contributed by atoms with Crippen molar-refractivity contribution in [2.24, 2.45) is 11.1 Å². The zero-order valence-electron chi connectivity index (χ0n) is 10.6. The van der Waals surface area contributed by atoms with Gasteiger partial charge in [0.05, 0.1) is 0 Å². The summed E-state index contributed by atoms with van der Waals surface area (Å²) in [5.41, 5.74) is 5.61. The van der Waals surface area contributed by atoms with E-state index in [0.717, 1.165) is 19.3 Å². The number of nitrogens with two attached hydrogens (primary N) is 1. The Labute approximate surface area is 97.9 Å². The Morgan fingerprint density at radius 1 is 1.56 bits per heavy atom. The van der Waals surface area contributed by atoms with Crippen molar-refractivity contribution >= 4 is 5.91 Å². The Balaban J connectivity index is 2.50. The number of hydrogen-bond donors (Lipinski definition) is 2. The third-order valence-corrected chi connectivity index (χ3v) is 3.04. The van der Waals surface area contributed by atoms with Gasteiger partial charge < -0.3 is 15.8 Å². The van der Waals surface area contributed by atoms with Crippen LogP contribution in [0.25, 0.3) is 0 Å². The van der Waals surface area contributed by atoms with Crippen LogP contribution in [0.2, 0.25) is 0 Å². The lowest BCUT2D eigenvalue weighted by atomic mass is 9.84. The normalized spacial score (nSPS) is 23.1. The number of rotatable bonds is 4. The van der Waals surface area contributed by atoms with Crippen molar-refractivity contribution in [1.82, 2.24) is 5.32 Å². The molecule has 0 aromatic carbocycles. The highest BCUT2D eigenvalue weighted by Gasteiger charge is 2.30. The van der Waals surface area contributed by atoms with Crippen molar-refractivity contribution in [1.29, 1.82) is 0 Å². The molecule has 0 saturated carbocycles. The van der Waals surface area contributed by atoms with Crippen LogP contribution in [-0.2, 0) is 9.53 Å². The standard InChI is InChI=1S/C12H24N2O2/c1-12(2,3)10(6-7-13)14-11(15)9-5-4-8-16-9/h9-10H,4-8,13H2,1-3H3,(H,14,15). The van der Waals surface area contributed by atoms with Crippen molar-refractivity contribution in [3.05, 3.63) is 0 Å². The predicted octanol–water partition coefficient (Wildman–Crippen LogP) is 1.05. The average molecular weight is 228 g/mol. The lowest BCUT2D eigenvalue weighted by Crippen LogP contribution is -2.48. The van der Waals surface area contributed by atoms with E-state index in [1.165, 1.54) is 0 Å². The summed E-state index contributed by atoms with van der Waals surface area (Å²) in [7, 11) is 0. The Hall–Kier alpha value is -0.610. The molecule has 1 heterocycles. The van der Waals surface area contributed by atoms with E-state index in [-0.39, 0.29) is 23.5 Å². The fourth-order valence-corrected chi connectivity index (χ4v) is 1.94. The van der Waals surface area contributed by atoms with Crippen LogP contribution >= 0.6 is 0 Å². The lowest BCUT2D eigenvalue weighted by Gasteiger charge is -2.32. The second-order valence-electron chi connectivity index (χ2n) is 5.51. The van der Waals surface area contributed by atoms with E-state index in [9.17, 15) is 4.79 Å². The van der Waals surface area contributed by atoms with Gasteiger partial charge in [-0.05, 0) is 31.2 Å². The molecular formula is C12H24N2O2. The summed E-state index contributed by atoms with van der Waals surface area (Å²) >= 11 is 0. The van der Waals surface area contributed by atoms with E-state index >= 15 is 0 Å². The molecule has 1 fully saturated rings. The summed E-state index contributed by atoms with van der Waals surface area (Å²) in [6.45, 7) is 7.64. The molecule has 0 aliphatic carbocycles. The SMILES string of the molecule is CC(C)(C)C(CCN)NC(=O)C1CCCO1. The lowest BCUT2D eigenvalue weighted by molar-refractivity contribution is -0.131. The van der Waals surface area contributed by atoms with Gasteiger partial charge in [-0.15, -0.1) is 0 Å². The highest BCUT2D eigenvalue weighted by molar-refractivity contribution is 5.81. The fraction of sp³-hybridized carbons (Fsp3) is 0.917. The fourth-order valence-electron chi connectivity index (χ4n) is 1.94. The Morgan fingerprint density at radius 3 is 2.69 bits per heavy atom. The molecule has 1 saturated heterocycles. The highest BCUT2D eigenvalue weighted by atomic mass is 16.5. The third-order valence-electron chi connectivity index (χ3n) is 3.04. The zero-order chi connectivity index (χ0) is 12.2. The summed E-state index contributed by atoms with van der Waals surface area (Å²) < 4.78 is 5.36. The molecule has 16 heavy (non-hydrogen) atoms. The number of amides is 1. The monoisotopic (exact) mass is 228 g/mol. The van der Waals surface area contributed by atoms with E-state index in [1.807, 2.05) is 0 Å². The molecule has 2 atom stereocenters. The van der Waals surface area contributed by atoms with Crippen LogP contribution in [-0.4, -0.2) is 31.2 Å². The minimum Gasteiger partial charge on any atom is -0.368 e. The molecule has 0 spiro atoms. The molecule has 0 aromatic rings. The van der Waals surface area contributed by atoms with Gasteiger partial charge in [-0.2, -0.15) is 0 Å². The Bertz CT molecular complexity index is 230. The molecule has 4 nitrogen and oxygen atoms in total. The van der Waals surface area contributed by atoms with Crippen LogP contribution < -0.4 is 11.1 Å². The molecule has 2 unspecified atom stereocenters. The zero-order valence-corrected chi connectivity index (χ0v) is 10.6. The Morgan fingerprint density at radius 2 is 2.25 bits per heavy atom. The Kier molecular flexibility index (Phi) is 4.74. The molecule has 1 amide bonds. The summed E-state index contributed by atoms with van der Waals surface area (Å²) in [6.07, 6.45) is 2.38. The van der Waals surface area contributed by atoms with Crippen molar-refractivity contribution in [3.8, 4) is 0 Å². The van der Waals surface area contributed by atoms with Crippen LogP contribution in [0.4, 0.5) is 0 Å². The number of carbonyl (C=O) groups is 1. The first-order valence-electron chi connectivity index (χ1n) is 6.07. The first-order valence-corrected chi connectivity index (χ1v) is 6.07. The van der Waals surface area contributed by atoms with E-state index < -0.39 is 0 Å². The van der Waals surface area contributed by atoms with Crippen LogP contribution in [0.3, 0.4) is 0 Å². The molecule has 3 N–H and O–H groups in total. The van der Waals surface area contributed by atoms with E-state index in [4.69, 9.17) is 10.5 Å². The molecule has 0 radical (unpaired) electrons. The maximum absolute atomic E-state index is 11.9. The molecular weight excluding hydrogens is 204 g/mol. The minimum absolute atomic E-state index is 0.0193. The number of carbonyl (C=O) groups excluding carboxylic acids is 1. The van der Waals surface area contributed by atoms with Gasteiger partial charge in [-0.25, -0.2) is 0 Å². The minimum atomic E-state index is -0.248. The van der Waals surface area contributed by atoms with Crippen molar-refractivity contribution in [3.63, 3.8) is 0 Å².